The highest BCUT2D eigenvalue weighted by Crippen LogP contribution is 2.33. The fourth-order valence-electron chi connectivity index (χ4n) is 2.12. The van der Waals surface area contributed by atoms with Crippen LogP contribution in [0.25, 0.3) is 0 Å². The van der Waals surface area contributed by atoms with Crippen LogP contribution in [0.3, 0.4) is 0 Å². The molecule has 128 valence electrons. The van der Waals surface area contributed by atoms with Crippen molar-refractivity contribution >= 4 is 27.5 Å². The van der Waals surface area contributed by atoms with Crippen LogP contribution in [0.5, 0.6) is 17.2 Å². The van der Waals surface area contributed by atoms with Gasteiger partial charge in [-0.2, -0.15) is 0 Å². The second-order valence-corrected chi connectivity index (χ2v) is 6.14. The number of methoxy groups -OCH3 is 2. The number of carbonyl (C=O) groups is 1. The Bertz CT molecular complexity index is 716. The predicted octanol–water partition coefficient (Wildman–Crippen LogP) is 4.18. The number of aryl methyl sites for hydroxylation is 1. The first-order chi connectivity index (χ1) is 11.4. The van der Waals surface area contributed by atoms with Gasteiger partial charge in [0.25, 0.3) is 5.91 Å². The molecule has 0 saturated heterocycles. The summed E-state index contributed by atoms with van der Waals surface area (Å²) in [5, 5.41) is 2.86. The van der Waals surface area contributed by atoms with Crippen LogP contribution in [0, 0.1) is 6.92 Å². The molecule has 2 aromatic carbocycles. The minimum atomic E-state index is -0.640. The van der Waals surface area contributed by atoms with Crippen molar-refractivity contribution in [1.82, 2.24) is 0 Å². The van der Waals surface area contributed by atoms with Crippen LogP contribution in [-0.2, 0) is 4.79 Å². The molecule has 0 aromatic heterocycles. The van der Waals surface area contributed by atoms with E-state index < -0.39 is 6.10 Å². The van der Waals surface area contributed by atoms with Crippen LogP contribution in [0.15, 0.2) is 40.9 Å². The van der Waals surface area contributed by atoms with Gasteiger partial charge in [0.15, 0.2) is 17.6 Å². The van der Waals surface area contributed by atoms with Crippen LogP contribution in [-0.4, -0.2) is 26.2 Å². The second kappa shape index (κ2) is 8.06. The Kier molecular flexibility index (Phi) is 6.09. The van der Waals surface area contributed by atoms with Gasteiger partial charge in [0.05, 0.1) is 14.2 Å². The summed E-state index contributed by atoms with van der Waals surface area (Å²) in [7, 11) is 3.13. The maximum absolute atomic E-state index is 12.4. The molecule has 0 radical (unpaired) electrons. The standard InChI is InChI=1S/C18H20BrNO4/c1-11-9-16(22-3)17(23-4)10-15(11)20-18(21)12(2)24-14-7-5-13(19)6-8-14/h5-10,12H,1-4H3,(H,20,21)/t12-/m0/s1. The molecule has 0 aliphatic rings. The molecule has 1 amide bonds. The molecule has 2 rings (SSSR count). The van der Waals surface area contributed by atoms with Crippen LogP contribution in [0.4, 0.5) is 5.69 Å². The van der Waals surface area contributed by atoms with E-state index in [2.05, 4.69) is 21.2 Å². The first-order valence-electron chi connectivity index (χ1n) is 7.40. The van der Waals surface area contributed by atoms with Crippen molar-refractivity contribution in [3.05, 3.63) is 46.4 Å². The maximum atomic E-state index is 12.4. The highest BCUT2D eigenvalue weighted by Gasteiger charge is 2.17. The summed E-state index contributed by atoms with van der Waals surface area (Å²) in [6, 6.07) is 10.9. The summed E-state index contributed by atoms with van der Waals surface area (Å²) in [4.78, 5) is 12.4. The zero-order valence-corrected chi connectivity index (χ0v) is 15.6. The molecule has 6 heteroatoms. The number of hydrogen-bond acceptors (Lipinski definition) is 4. The Balaban J connectivity index is 2.09. The average Bonchev–Trinajstić information content (AvgIpc) is 2.58. The molecule has 0 unspecified atom stereocenters. The van der Waals surface area contributed by atoms with E-state index in [1.807, 2.05) is 25.1 Å². The lowest BCUT2D eigenvalue weighted by Crippen LogP contribution is -2.30. The van der Waals surface area contributed by atoms with Gasteiger partial charge in [0.1, 0.15) is 5.75 Å². The number of hydrogen-bond donors (Lipinski definition) is 1. The molecule has 1 atom stereocenters. The van der Waals surface area contributed by atoms with Crippen LogP contribution in [0.1, 0.15) is 12.5 Å². The van der Waals surface area contributed by atoms with Crippen LogP contribution >= 0.6 is 15.9 Å². The lowest BCUT2D eigenvalue weighted by molar-refractivity contribution is -0.122. The summed E-state index contributed by atoms with van der Waals surface area (Å²) in [6.45, 7) is 3.59. The van der Waals surface area contributed by atoms with Crippen molar-refractivity contribution in [2.24, 2.45) is 0 Å². The lowest BCUT2D eigenvalue weighted by atomic mass is 10.1. The van der Waals surface area contributed by atoms with Crippen molar-refractivity contribution in [2.75, 3.05) is 19.5 Å². The van der Waals surface area contributed by atoms with E-state index in [9.17, 15) is 4.79 Å². The van der Waals surface area contributed by atoms with Crippen molar-refractivity contribution in [1.29, 1.82) is 0 Å². The monoisotopic (exact) mass is 393 g/mol. The van der Waals surface area contributed by atoms with Gasteiger partial charge in [-0.05, 0) is 49.7 Å². The van der Waals surface area contributed by atoms with Crippen molar-refractivity contribution in [3.63, 3.8) is 0 Å². The summed E-state index contributed by atoms with van der Waals surface area (Å²) >= 11 is 3.36. The van der Waals surface area contributed by atoms with E-state index in [-0.39, 0.29) is 5.91 Å². The topological polar surface area (TPSA) is 56.8 Å². The predicted molar refractivity (Wildman–Crippen MR) is 97.1 cm³/mol. The SMILES string of the molecule is COc1cc(C)c(NC(=O)[C@H](C)Oc2ccc(Br)cc2)cc1OC. The van der Waals surface area contributed by atoms with Gasteiger partial charge in [0, 0.05) is 16.2 Å². The summed E-state index contributed by atoms with van der Waals surface area (Å²) in [6.07, 6.45) is -0.640. The molecule has 0 spiro atoms. The van der Waals surface area contributed by atoms with Gasteiger partial charge in [-0.25, -0.2) is 0 Å². The van der Waals surface area contributed by atoms with Crippen molar-refractivity contribution in [3.8, 4) is 17.2 Å². The van der Waals surface area contributed by atoms with Crippen LogP contribution < -0.4 is 19.5 Å². The zero-order valence-electron chi connectivity index (χ0n) is 14.1. The molecule has 0 aliphatic carbocycles. The van der Waals surface area contributed by atoms with E-state index in [1.165, 1.54) is 0 Å². The molecule has 2 aromatic rings. The van der Waals surface area contributed by atoms with Gasteiger partial charge in [-0.1, -0.05) is 15.9 Å². The van der Waals surface area contributed by atoms with Gasteiger partial charge in [-0.3, -0.25) is 4.79 Å². The van der Waals surface area contributed by atoms with E-state index in [1.54, 1.807) is 39.3 Å². The Hall–Kier alpha value is -2.21. The third-order valence-corrected chi connectivity index (χ3v) is 4.01. The summed E-state index contributed by atoms with van der Waals surface area (Å²) in [5.41, 5.74) is 1.53. The largest absolute Gasteiger partial charge is 0.493 e. The Morgan fingerprint density at radius 3 is 2.25 bits per heavy atom. The Morgan fingerprint density at radius 2 is 1.67 bits per heavy atom. The van der Waals surface area contributed by atoms with E-state index in [0.717, 1.165) is 10.0 Å². The average molecular weight is 394 g/mol. The number of anilines is 1. The molecule has 0 saturated carbocycles. The van der Waals surface area contributed by atoms with Crippen LogP contribution in [0.2, 0.25) is 0 Å². The number of rotatable bonds is 6. The van der Waals surface area contributed by atoms with Crippen molar-refractivity contribution < 1.29 is 19.0 Å². The van der Waals surface area contributed by atoms with E-state index in [4.69, 9.17) is 14.2 Å². The number of amides is 1. The number of nitrogens with one attached hydrogen (secondary N) is 1. The summed E-state index contributed by atoms with van der Waals surface area (Å²) < 4.78 is 17.1. The third-order valence-electron chi connectivity index (χ3n) is 3.48. The first-order valence-corrected chi connectivity index (χ1v) is 8.19. The second-order valence-electron chi connectivity index (χ2n) is 5.23. The van der Waals surface area contributed by atoms with E-state index in [0.29, 0.717) is 22.9 Å². The molecule has 0 bridgehead atoms. The number of carbonyl (C=O) groups excluding carboxylic acids is 1. The Labute approximate surface area is 150 Å². The fraction of sp³-hybridized carbons (Fsp3) is 0.278. The highest BCUT2D eigenvalue weighted by molar-refractivity contribution is 9.10. The maximum Gasteiger partial charge on any atom is 0.265 e. The molecule has 0 fully saturated rings. The number of benzene rings is 2. The van der Waals surface area contributed by atoms with E-state index >= 15 is 0 Å². The number of halogens is 1. The fourth-order valence-corrected chi connectivity index (χ4v) is 2.38. The highest BCUT2D eigenvalue weighted by atomic mass is 79.9. The molecule has 0 aliphatic heterocycles. The van der Waals surface area contributed by atoms with Gasteiger partial charge < -0.3 is 19.5 Å². The molecule has 24 heavy (non-hydrogen) atoms. The van der Waals surface area contributed by atoms with Crippen molar-refractivity contribution in [2.45, 2.75) is 20.0 Å². The smallest absolute Gasteiger partial charge is 0.265 e. The minimum absolute atomic E-state index is 0.242. The molecule has 1 N–H and O–H groups in total. The van der Waals surface area contributed by atoms with Gasteiger partial charge in [0.2, 0.25) is 0 Å². The Morgan fingerprint density at radius 1 is 1.08 bits per heavy atom. The lowest BCUT2D eigenvalue weighted by Gasteiger charge is -2.17. The zero-order chi connectivity index (χ0) is 17.7. The number of ether oxygens (including phenoxy) is 3. The molecule has 0 heterocycles. The normalized spacial score (nSPS) is 11.5. The van der Waals surface area contributed by atoms with Gasteiger partial charge >= 0.3 is 0 Å². The molecular weight excluding hydrogens is 374 g/mol. The quantitative estimate of drug-likeness (QED) is 0.799. The first kappa shape index (κ1) is 18.1. The minimum Gasteiger partial charge on any atom is -0.493 e. The molecule has 5 nitrogen and oxygen atoms in total. The summed E-state index contributed by atoms with van der Waals surface area (Å²) in [5.74, 6) is 1.56. The van der Waals surface area contributed by atoms with Gasteiger partial charge in [-0.15, -0.1) is 0 Å². The molecular formula is C18H20BrNO4. The third kappa shape index (κ3) is 4.41.